The number of rotatable bonds is 2. The Morgan fingerprint density at radius 3 is 2.65 bits per heavy atom. The lowest BCUT2D eigenvalue weighted by Crippen LogP contribution is -2.03. The van der Waals surface area contributed by atoms with Crippen LogP contribution >= 0.6 is 11.3 Å². The molecule has 0 bridgehead atoms. The van der Waals surface area contributed by atoms with Gasteiger partial charge in [0.15, 0.2) is 5.82 Å². The van der Waals surface area contributed by atoms with E-state index in [1.807, 2.05) is 26.8 Å². The van der Waals surface area contributed by atoms with Gasteiger partial charge in [0.05, 0.1) is 5.69 Å². The SMILES string of the molecule is Cc1cc(-n2nc(C)c3cc(C(=O)O)sc32)nc(C)n1. The minimum atomic E-state index is -0.924. The number of thiophene rings is 1. The molecule has 0 aliphatic heterocycles. The molecule has 0 fully saturated rings. The molecule has 0 aliphatic carbocycles. The second-order valence-corrected chi connectivity index (χ2v) is 5.58. The summed E-state index contributed by atoms with van der Waals surface area (Å²) in [6, 6.07) is 3.49. The second-order valence-electron chi connectivity index (χ2n) is 4.55. The molecule has 20 heavy (non-hydrogen) atoms. The maximum atomic E-state index is 11.1. The van der Waals surface area contributed by atoms with Gasteiger partial charge in [0.2, 0.25) is 0 Å². The van der Waals surface area contributed by atoms with Crippen LogP contribution in [-0.2, 0) is 0 Å². The van der Waals surface area contributed by atoms with Crippen molar-refractivity contribution in [1.29, 1.82) is 0 Å². The highest BCUT2D eigenvalue weighted by Crippen LogP contribution is 2.29. The van der Waals surface area contributed by atoms with Crippen molar-refractivity contribution in [1.82, 2.24) is 19.7 Å². The van der Waals surface area contributed by atoms with E-state index in [1.165, 1.54) is 11.3 Å². The number of aromatic carboxylic acids is 1. The van der Waals surface area contributed by atoms with Crippen molar-refractivity contribution >= 4 is 27.5 Å². The standard InChI is InChI=1S/C13H12N4O2S/c1-6-4-11(15-8(3)14-6)17-12-9(7(2)16-17)5-10(20-12)13(18)19/h4-5H,1-3H3,(H,18,19). The summed E-state index contributed by atoms with van der Waals surface area (Å²) >= 11 is 1.20. The number of aryl methyl sites for hydroxylation is 3. The van der Waals surface area contributed by atoms with Gasteiger partial charge in [0.1, 0.15) is 15.5 Å². The van der Waals surface area contributed by atoms with E-state index < -0.39 is 5.97 Å². The molecular formula is C13H12N4O2S. The zero-order valence-electron chi connectivity index (χ0n) is 11.2. The highest BCUT2D eigenvalue weighted by molar-refractivity contribution is 7.20. The number of carbonyl (C=O) groups is 1. The largest absolute Gasteiger partial charge is 0.477 e. The highest BCUT2D eigenvalue weighted by Gasteiger charge is 2.17. The van der Waals surface area contributed by atoms with E-state index in [1.54, 1.807) is 10.7 Å². The normalized spacial score (nSPS) is 11.2. The molecule has 0 radical (unpaired) electrons. The molecule has 102 valence electrons. The highest BCUT2D eigenvalue weighted by atomic mass is 32.1. The maximum absolute atomic E-state index is 11.1. The molecule has 0 saturated heterocycles. The smallest absolute Gasteiger partial charge is 0.345 e. The van der Waals surface area contributed by atoms with Crippen molar-refractivity contribution in [3.05, 3.63) is 34.2 Å². The molecule has 0 unspecified atom stereocenters. The molecule has 3 aromatic heterocycles. The van der Waals surface area contributed by atoms with Gasteiger partial charge in [-0.1, -0.05) is 0 Å². The van der Waals surface area contributed by atoms with Crippen LogP contribution in [0.3, 0.4) is 0 Å². The third-order valence-electron chi connectivity index (χ3n) is 2.92. The van der Waals surface area contributed by atoms with Crippen LogP contribution in [0.5, 0.6) is 0 Å². The number of fused-ring (bicyclic) bond motifs is 1. The zero-order chi connectivity index (χ0) is 14.4. The van der Waals surface area contributed by atoms with E-state index in [0.29, 0.717) is 16.5 Å². The minimum Gasteiger partial charge on any atom is -0.477 e. The molecule has 3 heterocycles. The first-order chi connectivity index (χ1) is 9.45. The van der Waals surface area contributed by atoms with Crippen LogP contribution in [0.15, 0.2) is 12.1 Å². The van der Waals surface area contributed by atoms with Crippen LogP contribution in [0.1, 0.15) is 26.9 Å². The fourth-order valence-corrected chi connectivity index (χ4v) is 3.12. The van der Waals surface area contributed by atoms with Gasteiger partial charge in [0, 0.05) is 17.1 Å². The zero-order valence-corrected chi connectivity index (χ0v) is 12.0. The number of hydrogen-bond donors (Lipinski definition) is 1. The van der Waals surface area contributed by atoms with Crippen molar-refractivity contribution < 1.29 is 9.90 Å². The number of aromatic nitrogens is 4. The van der Waals surface area contributed by atoms with Crippen LogP contribution in [0.4, 0.5) is 0 Å². The summed E-state index contributed by atoms with van der Waals surface area (Å²) in [7, 11) is 0. The van der Waals surface area contributed by atoms with Crippen molar-refractivity contribution in [3.63, 3.8) is 0 Å². The Hall–Kier alpha value is -2.28. The van der Waals surface area contributed by atoms with Gasteiger partial charge in [-0.2, -0.15) is 5.10 Å². The van der Waals surface area contributed by atoms with Gasteiger partial charge in [-0.15, -0.1) is 11.3 Å². The van der Waals surface area contributed by atoms with E-state index in [9.17, 15) is 4.79 Å². The van der Waals surface area contributed by atoms with Crippen LogP contribution in [0, 0.1) is 20.8 Å². The first kappa shape index (κ1) is 12.7. The molecule has 3 aromatic rings. The molecule has 7 heteroatoms. The molecule has 0 spiro atoms. The van der Waals surface area contributed by atoms with Gasteiger partial charge >= 0.3 is 5.97 Å². The molecule has 1 N–H and O–H groups in total. The fourth-order valence-electron chi connectivity index (χ4n) is 2.11. The number of carboxylic acid groups (broad SMARTS) is 1. The first-order valence-corrected chi connectivity index (χ1v) is 6.82. The Morgan fingerprint density at radius 1 is 1.25 bits per heavy atom. The Kier molecular flexibility index (Phi) is 2.79. The number of hydrogen-bond acceptors (Lipinski definition) is 5. The summed E-state index contributed by atoms with van der Waals surface area (Å²) in [5.41, 5.74) is 1.64. The molecule has 0 amide bonds. The summed E-state index contributed by atoms with van der Waals surface area (Å²) in [4.78, 5) is 20.8. The molecule has 3 rings (SSSR count). The van der Waals surface area contributed by atoms with Crippen molar-refractivity contribution in [2.24, 2.45) is 0 Å². The quantitative estimate of drug-likeness (QED) is 0.783. The third kappa shape index (κ3) is 1.96. The molecule has 6 nitrogen and oxygen atoms in total. The van der Waals surface area contributed by atoms with Gasteiger partial charge in [0.25, 0.3) is 0 Å². The third-order valence-corrected chi connectivity index (χ3v) is 4.02. The van der Waals surface area contributed by atoms with Gasteiger partial charge < -0.3 is 5.11 Å². The average Bonchev–Trinajstić information content (AvgIpc) is 2.89. The summed E-state index contributed by atoms with van der Waals surface area (Å²) in [6.45, 7) is 5.57. The second kappa shape index (κ2) is 4.38. The van der Waals surface area contributed by atoms with E-state index >= 15 is 0 Å². The predicted molar refractivity (Wildman–Crippen MR) is 75.7 cm³/mol. The Morgan fingerprint density at radius 2 is 2.00 bits per heavy atom. The maximum Gasteiger partial charge on any atom is 0.345 e. The van der Waals surface area contributed by atoms with E-state index in [2.05, 4.69) is 15.1 Å². The summed E-state index contributed by atoms with van der Waals surface area (Å²) in [5.74, 6) is 0.399. The molecule has 0 aromatic carbocycles. The van der Waals surface area contributed by atoms with Crippen LogP contribution in [0.2, 0.25) is 0 Å². The van der Waals surface area contributed by atoms with Crippen LogP contribution in [0.25, 0.3) is 16.0 Å². The number of carboxylic acids is 1. The summed E-state index contributed by atoms with van der Waals surface area (Å²) in [6.07, 6.45) is 0. The summed E-state index contributed by atoms with van der Waals surface area (Å²) < 4.78 is 1.68. The number of nitrogens with zero attached hydrogens (tertiary/aromatic N) is 4. The Balaban J connectivity index is 2.27. The van der Waals surface area contributed by atoms with Crippen molar-refractivity contribution in [3.8, 4) is 5.82 Å². The fraction of sp³-hybridized carbons (Fsp3) is 0.231. The van der Waals surface area contributed by atoms with Crippen LogP contribution < -0.4 is 0 Å². The topological polar surface area (TPSA) is 80.9 Å². The lowest BCUT2D eigenvalue weighted by Gasteiger charge is -2.03. The Labute approximate surface area is 118 Å². The van der Waals surface area contributed by atoms with Gasteiger partial charge in [-0.3, -0.25) is 0 Å². The minimum absolute atomic E-state index is 0.303. The van der Waals surface area contributed by atoms with E-state index in [-0.39, 0.29) is 0 Å². The van der Waals surface area contributed by atoms with Gasteiger partial charge in [-0.25, -0.2) is 19.4 Å². The van der Waals surface area contributed by atoms with Gasteiger partial charge in [-0.05, 0) is 26.8 Å². The van der Waals surface area contributed by atoms with Crippen LogP contribution in [-0.4, -0.2) is 30.8 Å². The molecule has 0 aliphatic rings. The molecular weight excluding hydrogens is 276 g/mol. The molecule has 0 atom stereocenters. The predicted octanol–water partition coefficient (Wildman–Crippen LogP) is 2.50. The Bertz CT molecular complexity index is 814. The average molecular weight is 288 g/mol. The lowest BCUT2D eigenvalue weighted by molar-refractivity contribution is 0.0702. The monoisotopic (exact) mass is 288 g/mol. The molecule has 0 saturated carbocycles. The lowest BCUT2D eigenvalue weighted by atomic mass is 10.3. The van der Waals surface area contributed by atoms with Crippen molar-refractivity contribution in [2.45, 2.75) is 20.8 Å². The van der Waals surface area contributed by atoms with E-state index in [0.717, 1.165) is 21.6 Å². The van der Waals surface area contributed by atoms with Crippen molar-refractivity contribution in [2.75, 3.05) is 0 Å². The first-order valence-electron chi connectivity index (χ1n) is 6.01. The van der Waals surface area contributed by atoms with E-state index in [4.69, 9.17) is 5.11 Å². The summed E-state index contributed by atoms with van der Waals surface area (Å²) in [5, 5.41) is 14.4.